The standard InChI is InChI=1S/C10H10O2.H3N/c1-12-10(11)8-7-9-5-3-2-4-6-9;/h2-8H,1H3;1H3/b8-7+;. The molecule has 1 rings (SSSR count). The van der Waals surface area contributed by atoms with Crippen LogP contribution in [-0.2, 0) is 9.53 Å². The Labute approximate surface area is 77.6 Å². The van der Waals surface area contributed by atoms with E-state index >= 15 is 0 Å². The molecule has 0 aliphatic carbocycles. The van der Waals surface area contributed by atoms with Gasteiger partial charge in [-0.05, 0) is 11.6 Å². The van der Waals surface area contributed by atoms with Crippen molar-refractivity contribution in [3.05, 3.63) is 42.0 Å². The van der Waals surface area contributed by atoms with Crippen LogP contribution < -0.4 is 6.15 Å². The van der Waals surface area contributed by atoms with Gasteiger partial charge in [-0.1, -0.05) is 30.3 Å². The minimum absolute atomic E-state index is 0. The molecule has 0 radical (unpaired) electrons. The lowest BCUT2D eigenvalue weighted by Gasteiger charge is -1.91. The van der Waals surface area contributed by atoms with Crippen molar-refractivity contribution < 1.29 is 9.53 Å². The van der Waals surface area contributed by atoms with Crippen LogP contribution in [0.4, 0.5) is 0 Å². The van der Waals surface area contributed by atoms with Gasteiger partial charge in [0.15, 0.2) is 0 Å². The Bertz CT molecular complexity index is 280. The normalized spacial score (nSPS) is 9.31. The summed E-state index contributed by atoms with van der Waals surface area (Å²) in [6.45, 7) is 0. The van der Waals surface area contributed by atoms with Crippen molar-refractivity contribution in [3.63, 3.8) is 0 Å². The number of methoxy groups -OCH3 is 1. The summed E-state index contributed by atoms with van der Waals surface area (Å²) in [7, 11) is 1.36. The van der Waals surface area contributed by atoms with E-state index in [0.717, 1.165) is 5.56 Å². The summed E-state index contributed by atoms with van der Waals surface area (Å²) in [4.78, 5) is 10.7. The predicted molar refractivity (Wildman–Crippen MR) is 52.5 cm³/mol. The van der Waals surface area contributed by atoms with Crippen molar-refractivity contribution in [1.29, 1.82) is 0 Å². The van der Waals surface area contributed by atoms with E-state index in [0.29, 0.717) is 0 Å². The summed E-state index contributed by atoms with van der Waals surface area (Å²) < 4.78 is 4.45. The monoisotopic (exact) mass is 179 g/mol. The molecule has 0 bridgehead atoms. The minimum Gasteiger partial charge on any atom is -0.466 e. The summed E-state index contributed by atoms with van der Waals surface area (Å²) in [6.07, 6.45) is 3.11. The summed E-state index contributed by atoms with van der Waals surface area (Å²) in [5.74, 6) is -0.334. The van der Waals surface area contributed by atoms with Crippen LogP contribution in [-0.4, -0.2) is 13.1 Å². The van der Waals surface area contributed by atoms with Gasteiger partial charge in [0.25, 0.3) is 0 Å². The third-order valence-electron chi connectivity index (χ3n) is 1.41. The Morgan fingerprint density at radius 3 is 2.46 bits per heavy atom. The first kappa shape index (κ1) is 11.4. The average Bonchev–Trinajstić information content (AvgIpc) is 2.16. The lowest BCUT2D eigenvalue weighted by atomic mass is 10.2. The maximum Gasteiger partial charge on any atom is 0.330 e. The molecule has 0 amide bonds. The van der Waals surface area contributed by atoms with Crippen LogP contribution >= 0.6 is 0 Å². The van der Waals surface area contributed by atoms with Gasteiger partial charge in [0.2, 0.25) is 0 Å². The van der Waals surface area contributed by atoms with Crippen LogP contribution in [0, 0.1) is 0 Å². The highest BCUT2D eigenvalue weighted by Crippen LogP contribution is 2.00. The van der Waals surface area contributed by atoms with E-state index in [1.165, 1.54) is 13.2 Å². The van der Waals surface area contributed by atoms with Gasteiger partial charge in [0, 0.05) is 6.08 Å². The molecule has 0 saturated heterocycles. The molecule has 3 N–H and O–H groups in total. The third-order valence-corrected chi connectivity index (χ3v) is 1.41. The predicted octanol–water partition coefficient (Wildman–Crippen LogP) is 2.03. The number of ether oxygens (including phenoxy) is 1. The zero-order valence-corrected chi connectivity index (χ0v) is 7.57. The van der Waals surface area contributed by atoms with E-state index in [4.69, 9.17) is 0 Å². The Morgan fingerprint density at radius 1 is 1.31 bits per heavy atom. The molecule has 0 heterocycles. The second kappa shape index (κ2) is 5.97. The van der Waals surface area contributed by atoms with Gasteiger partial charge in [0.05, 0.1) is 7.11 Å². The molecule has 0 saturated carbocycles. The maximum atomic E-state index is 10.7. The Balaban J connectivity index is 0.00000144. The molecule has 0 spiro atoms. The number of benzene rings is 1. The number of hydrogen-bond acceptors (Lipinski definition) is 3. The van der Waals surface area contributed by atoms with E-state index in [9.17, 15) is 4.79 Å². The number of carbonyl (C=O) groups is 1. The fourth-order valence-corrected chi connectivity index (χ4v) is 0.796. The van der Waals surface area contributed by atoms with E-state index < -0.39 is 0 Å². The number of hydrogen-bond donors (Lipinski definition) is 1. The van der Waals surface area contributed by atoms with Crippen molar-refractivity contribution >= 4 is 12.0 Å². The smallest absolute Gasteiger partial charge is 0.330 e. The number of carbonyl (C=O) groups excluding carboxylic acids is 1. The van der Waals surface area contributed by atoms with Gasteiger partial charge < -0.3 is 10.9 Å². The molecule has 70 valence electrons. The van der Waals surface area contributed by atoms with Crippen molar-refractivity contribution in [2.24, 2.45) is 0 Å². The summed E-state index contributed by atoms with van der Waals surface area (Å²) in [5.41, 5.74) is 0.989. The quantitative estimate of drug-likeness (QED) is 0.558. The molecule has 0 aliphatic heterocycles. The fraction of sp³-hybridized carbons (Fsp3) is 0.100. The minimum atomic E-state index is -0.334. The van der Waals surface area contributed by atoms with E-state index in [-0.39, 0.29) is 12.1 Å². The summed E-state index contributed by atoms with van der Waals surface area (Å²) in [6, 6.07) is 9.59. The second-order valence-corrected chi connectivity index (χ2v) is 2.27. The van der Waals surface area contributed by atoms with Crippen molar-refractivity contribution in [3.8, 4) is 0 Å². The van der Waals surface area contributed by atoms with E-state index in [2.05, 4.69) is 4.74 Å². The lowest BCUT2D eigenvalue weighted by molar-refractivity contribution is -0.134. The Hall–Kier alpha value is -1.61. The molecule has 0 fully saturated rings. The average molecular weight is 179 g/mol. The number of esters is 1. The first-order valence-corrected chi connectivity index (χ1v) is 3.64. The van der Waals surface area contributed by atoms with Gasteiger partial charge in [0.1, 0.15) is 0 Å². The number of rotatable bonds is 2. The van der Waals surface area contributed by atoms with Crippen LogP contribution in [0.1, 0.15) is 5.56 Å². The van der Waals surface area contributed by atoms with Crippen LogP contribution in [0.2, 0.25) is 0 Å². The summed E-state index contributed by atoms with van der Waals surface area (Å²) in [5, 5.41) is 0. The molecule has 3 nitrogen and oxygen atoms in total. The fourth-order valence-electron chi connectivity index (χ4n) is 0.796. The second-order valence-electron chi connectivity index (χ2n) is 2.27. The van der Waals surface area contributed by atoms with Crippen LogP contribution in [0.3, 0.4) is 0 Å². The molecule has 1 aromatic rings. The maximum absolute atomic E-state index is 10.7. The zero-order valence-electron chi connectivity index (χ0n) is 7.57. The largest absolute Gasteiger partial charge is 0.466 e. The molecule has 3 heteroatoms. The topological polar surface area (TPSA) is 61.3 Å². The van der Waals surface area contributed by atoms with Crippen LogP contribution in [0.25, 0.3) is 6.08 Å². The molecule has 0 aromatic heterocycles. The molecule has 13 heavy (non-hydrogen) atoms. The molecular formula is C10H13NO2. The highest BCUT2D eigenvalue weighted by atomic mass is 16.5. The highest BCUT2D eigenvalue weighted by molar-refractivity contribution is 5.86. The summed E-state index contributed by atoms with van der Waals surface area (Å²) >= 11 is 0. The Kier molecular flexibility index (Phi) is 5.23. The van der Waals surface area contributed by atoms with Crippen LogP contribution in [0.5, 0.6) is 0 Å². The van der Waals surface area contributed by atoms with Gasteiger partial charge in [-0.15, -0.1) is 0 Å². The van der Waals surface area contributed by atoms with Crippen molar-refractivity contribution in [2.45, 2.75) is 0 Å². The lowest BCUT2D eigenvalue weighted by Crippen LogP contribution is -1.92. The van der Waals surface area contributed by atoms with Crippen molar-refractivity contribution in [1.82, 2.24) is 6.15 Å². The van der Waals surface area contributed by atoms with Crippen molar-refractivity contribution in [2.75, 3.05) is 7.11 Å². The molecule has 0 unspecified atom stereocenters. The van der Waals surface area contributed by atoms with Crippen LogP contribution in [0.15, 0.2) is 36.4 Å². The van der Waals surface area contributed by atoms with E-state index in [1.54, 1.807) is 6.08 Å². The van der Waals surface area contributed by atoms with Gasteiger partial charge in [-0.25, -0.2) is 4.79 Å². The van der Waals surface area contributed by atoms with Gasteiger partial charge >= 0.3 is 5.97 Å². The van der Waals surface area contributed by atoms with E-state index in [1.807, 2.05) is 30.3 Å². The molecule has 1 aromatic carbocycles. The zero-order chi connectivity index (χ0) is 8.81. The first-order chi connectivity index (χ1) is 5.83. The molecule has 0 aliphatic rings. The van der Waals surface area contributed by atoms with Gasteiger partial charge in [-0.3, -0.25) is 0 Å². The SMILES string of the molecule is COC(=O)/C=C/c1ccccc1.N. The highest BCUT2D eigenvalue weighted by Gasteiger charge is 1.89. The first-order valence-electron chi connectivity index (χ1n) is 3.64. The van der Waals surface area contributed by atoms with Gasteiger partial charge in [-0.2, -0.15) is 0 Å². The Morgan fingerprint density at radius 2 is 1.92 bits per heavy atom. The third kappa shape index (κ3) is 4.08. The molecule has 0 atom stereocenters. The molecular weight excluding hydrogens is 166 g/mol.